The standard InChI is InChI=1S/Ca.Cu.Fe.Mg.H4Si.4H/h;;;;1H4;;;;. The van der Waals surface area contributed by atoms with Crippen LogP contribution in [0.25, 0.3) is 0 Å². The van der Waals surface area contributed by atoms with Crippen LogP contribution in [0.5, 0.6) is 0 Å². The topological polar surface area (TPSA) is 0 Å². The van der Waals surface area contributed by atoms with Crippen molar-refractivity contribution in [2.45, 2.75) is 0 Å². The van der Waals surface area contributed by atoms with Gasteiger partial charge in [-0.3, -0.25) is 0 Å². The summed E-state index contributed by atoms with van der Waals surface area (Å²) < 4.78 is 0. The minimum absolute atomic E-state index is 0. The first-order chi connectivity index (χ1) is 0. The molecule has 35 valence electrons. The molecule has 0 rings (SSSR count). The zero-order chi connectivity index (χ0) is 0. The van der Waals surface area contributed by atoms with Crippen LogP contribution in [0.15, 0.2) is 0 Å². The molecule has 0 heterocycles. The molecule has 0 unspecified atom stereocenters. The van der Waals surface area contributed by atoms with E-state index >= 15 is 0 Å². The van der Waals surface area contributed by atoms with E-state index in [1.54, 1.807) is 0 Å². The van der Waals surface area contributed by atoms with Gasteiger partial charge in [-0.15, -0.1) is 0 Å². The summed E-state index contributed by atoms with van der Waals surface area (Å²) in [4.78, 5) is 0. The van der Waals surface area contributed by atoms with Crippen molar-refractivity contribution < 1.29 is 34.1 Å². The van der Waals surface area contributed by atoms with Crippen molar-refractivity contribution >= 4 is 71.8 Å². The van der Waals surface area contributed by atoms with Gasteiger partial charge in [-0.1, -0.05) is 0 Å². The summed E-state index contributed by atoms with van der Waals surface area (Å²) >= 11 is 0. The Morgan fingerprint density at radius 2 is 1.00 bits per heavy atom. The van der Waals surface area contributed by atoms with E-state index in [0.29, 0.717) is 0 Å². The summed E-state index contributed by atoms with van der Waals surface area (Å²) in [5.74, 6) is 0. The largest absolute Gasteiger partial charge is 0.316 e. The maximum absolute atomic E-state index is 0. The number of hydrogen-bond acceptors (Lipinski definition) is 0. The molecule has 0 fully saturated rings. The first-order valence-electron chi connectivity index (χ1n) is 0. The van der Waals surface area contributed by atoms with Gasteiger partial charge in [0.15, 0.2) is 0 Å². The fraction of sp³-hybridized carbons (Fsp3) is 0. The summed E-state index contributed by atoms with van der Waals surface area (Å²) in [5, 5.41) is 0. The predicted molar refractivity (Wildman–Crippen MR) is 28.4 cm³/mol. The smallest absolute Gasteiger partial charge is 0.0149 e. The van der Waals surface area contributed by atoms with Crippen LogP contribution >= 0.6 is 0 Å². The summed E-state index contributed by atoms with van der Waals surface area (Å²) in [6, 6.07) is 0. The first-order valence-corrected chi connectivity index (χ1v) is 0. The van der Waals surface area contributed by atoms with Crippen molar-refractivity contribution in [1.29, 1.82) is 0 Å². The number of hydrogen-bond donors (Lipinski definition) is 0. The molecule has 1 radical (unpaired) electrons. The van der Waals surface area contributed by atoms with Gasteiger partial charge in [-0.05, 0) is 11.0 Å². The SMILES string of the molecule is [CaH2].[Cu].[Fe].[MgH2].[SiH4]. The van der Waals surface area contributed by atoms with Crippen LogP contribution in [0.4, 0.5) is 0 Å². The van der Waals surface area contributed by atoms with Gasteiger partial charge in [0.1, 0.15) is 0 Å². The normalized spacial score (nSPS) is 0. The van der Waals surface area contributed by atoms with E-state index in [4.69, 9.17) is 0 Å². The Labute approximate surface area is 104 Å². The fourth-order valence-electron chi connectivity index (χ4n) is 0. The van der Waals surface area contributed by atoms with Gasteiger partial charge in [0.25, 0.3) is 0 Å². The molecule has 0 aromatic rings. The van der Waals surface area contributed by atoms with E-state index in [0.717, 1.165) is 0 Å². The molecule has 0 bridgehead atoms. The minimum atomic E-state index is 0. The molecule has 0 nitrogen and oxygen atoms in total. The van der Waals surface area contributed by atoms with E-state index in [1.165, 1.54) is 0 Å². The van der Waals surface area contributed by atoms with Crippen molar-refractivity contribution in [3.8, 4) is 0 Å². The van der Waals surface area contributed by atoms with Crippen molar-refractivity contribution in [2.24, 2.45) is 0 Å². The third kappa shape index (κ3) is 18.9. The Bertz CT molecular complexity index is 11.6. The van der Waals surface area contributed by atoms with Crippen LogP contribution in [-0.2, 0) is 34.1 Å². The van der Waals surface area contributed by atoms with Gasteiger partial charge in [-0.2, -0.15) is 0 Å². The molecule has 0 aromatic carbocycles. The molecule has 5 heavy (non-hydrogen) atoms. The Balaban J connectivity index is 0. The summed E-state index contributed by atoms with van der Waals surface area (Å²) in [6.45, 7) is 0. The van der Waals surface area contributed by atoms with Gasteiger partial charge >= 0.3 is 60.8 Å². The zero-order valence-electron chi connectivity index (χ0n) is 0.655. The van der Waals surface area contributed by atoms with Crippen molar-refractivity contribution in [2.75, 3.05) is 0 Å². The molecule has 0 aliphatic carbocycles. The van der Waals surface area contributed by atoms with Crippen LogP contribution in [0.3, 0.4) is 0 Å². The second kappa shape index (κ2) is 26.7. The summed E-state index contributed by atoms with van der Waals surface area (Å²) in [5.41, 5.74) is 0. The van der Waals surface area contributed by atoms with Gasteiger partial charge in [0.2, 0.25) is 0 Å². The average molecular weight is 220 g/mol. The molecule has 0 aliphatic heterocycles. The average Bonchev–Trinajstić information content (AvgIpc) is 0. The molecule has 0 saturated carbocycles. The van der Waals surface area contributed by atoms with Gasteiger partial charge in [0.05, 0.1) is 0 Å². The molecule has 0 aliphatic rings. The Morgan fingerprint density at radius 1 is 1.00 bits per heavy atom. The first kappa shape index (κ1) is 40.8. The third-order valence-corrected chi connectivity index (χ3v) is 0. The minimum Gasteiger partial charge on any atom is -0.0149 e. The predicted octanol–water partition coefficient (Wildman–Crippen LogP) is -3.29. The third-order valence-electron chi connectivity index (χ3n) is 0. The number of rotatable bonds is 0. The van der Waals surface area contributed by atoms with Crippen LogP contribution in [0.2, 0.25) is 0 Å². The fourth-order valence-corrected chi connectivity index (χ4v) is 0. The summed E-state index contributed by atoms with van der Waals surface area (Å²) in [6.07, 6.45) is 0. The van der Waals surface area contributed by atoms with Crippen LogP contribution in [0, 0.1) is 0 Å². The molecular weight excluding hydrogens is 212 g/mol. The molecule has 0 atom stereocenters. The zero-order valence-corrected chi connectivity index (χ0v) is 2.70. The molecule has 0 aromatic heterocycles. The second-order valence-corrected chi connectivity index (χ2v) is 0. The Hall–Kier alpha value is 3.28. The van der Waals surface area contributed by atoms with Crippen LogP contribution in [-0.4, -0.2) is 71.8 Å². The van der Waals surface area contributed by atoms with E-state index < -0.39 is 0 Å². The molecular formula is H8CaCuFeMgSi. The van der Waals surface area contributed by atoms with Crippen LogP contribution in [0.1, 0.15) is 0 Å². The van der Waals surface area contributed by atoms with Crippen molar-refractivity contribution in [1.82, 2.24) is 0 Å². The monoisotopic (exact) mass is 219 g/mol. The summed E-state index contributed by atoms with van der Waals surface area (Å²) in [7, 11) is 0. The molecule has 0 amide bonds. The van der Waals surface area contributed by atoms with Crippen LogP contribution < -0.4 is 0 Å². The molecule has 0 saturated heterocycles. The molecule has 0 N–H and O–H groups in total. The van der Waals surface area contributed by atoms with Gasteiger partial charge in [0, 0.05) is 34.1 Å². The van der Waals surface area contributed by atoms with Gasteiger partial charge in [-0.25, -0.2) is 0 Å². The van der Waals surface area contributed by atoms with Crippen molar-refractivity contribution in [3.05, 3.63) is 0 Å². The Morgan fingerprint density at radius 3 is 1.00 bits per heavy atom. The van der Waals surface area contributed by atoms with Crippen molar-refractivity contribution in [3.63, 3.8) is 0 Å². The maximum atomic E-state index is 0. The Kier molecular flexibility index (Phi) is 218. The molecule has 5 heteroatoms. The quantitative estimate of drug-likeness (QED) is 0.375. The molecule has 0 spiro atoms. The van der Waals surface area contributed by atoms with E-state index in [9.17, 15) is 0 Å². The van der Waals surface area contributed by atoms with E-state index in [-0.39, 0.29) is 106 Å². The van der Waals surface area contributed by atoms with E-state index in [1.807, 2.05) is 0 Å². The second-order valence-electron chi connectivity index (χ2n) is 0. The maximum Gasteiger partial charge on any atom is 0.316 e. The van der Waals surface area contributed by atoms with Gasteiger partial charge < -0.3 is 0 Å². The van der Waals surface area contributed by atoms with E-state index in [2.05, 4.69) is 0 Å².